The fourth-order valence-corrected chi connectivity index (χ4v) is 2.23. The number of carbonyl (C=O) groups is 1. The summed E-state index contributed by atoms with van der Waals surface area (Å²) in [5.41, 5.74) is 4.96. The third-order valence-electron chi connectivity index (χ3n) is 2.42. The lowest BCUT2D eigenvalue weighted by molar-refractivity contribution is -0.138. The Hall–Kier alpha value is -1.67. The minimum atomic E-state index is -3.84. The van der Waals surface area contributed by atoms with Gasteiger partial charge in [-0.05, 0) is 6.07 Å². The van der Waals surface area contributed by atoms with Crippen molar-refractivity contribution in [3.05, 3.63) is 23.5 Å². The fourth-order valence-electron chi connectivity index (χ4n) is 1.49. The van der Waals surface area contributed by atoms with E-state index in [4.69, 9.17) is 10.8 Å². The van der Waals surface area contributed by atoms with Gasteiger partial charge in [-0.2, -0.15) is 0 Å². The van der Waals surface area contributed by atoms with Crippen LogP contribution in [0.3, 0.4) is 0 Å². The summed E-state index contributed by atoms with van der Waals surface area (Å²) in [6.07, 6.45) is 0.780. The first-order valence-electron chi connectivity index (χ1n) is 4.84. The van der Waals surface area contributed by atoms with Crippen LogP contribution in [0.1, 0.15) is 11.5 Å². The topological polar surface area (TPSA) is 118 Å². The van der Waals surface area contributed by atoms with Crippen LogP contribution < -0.4 is 5.73 Å². The molecule has 0 aliphatic rings. The van der Waals surface area contributed by atoms with E-state index in [-0.39, 0.29) is 12.1 Å². The Balaban J connectivity index is 3.46. The van der Waals surface area contributed by atoms with Crippen molar-refractivity contribution >= 4 is 15.8 Å². The third kappa shape index (κ3) is 2.59. The molecule has 1 rings (SSSR count). The van der Waals surface area contributed by atoms with Gasteiger partial charge in [0.15, 0.2) is 21.4 Å². The highest BCUT2D eigenvalue weighted by Gasteiger charge is 2.26. The Bertz CT molecular complexity index is 584. The standard InChI is InChI=1S/C10H12FNO5S/c1-18(16,17)7-3-2-5(9(13)8(7)11)6(4-12)10(14)15/h2-3,6,13H,4,12H2,1H3,(H,14,15). The van der Waals surface area contributed by atoms with Crippen LogP contribution in [0, 0.1) is 5.82 Å². The lowest BCUT2D eigenvalue weighted by Crippen LogP contribution is -2.21. The average molecular weight is 277 g/mol. The van der Waals surface area contributed by atoms with Crippen LogP contribution in [0.5, 0.6) is 5.75 Å². The van der Waals surface area contributed by atoms with Gasteiger partial charge in [-0.15, -0.1) is 0 Å². The van der Waals surface area contributed by atoms with E-state index in [0.29, 0.717) is 0 Å². The van der Waals surface area contributed by atoms with Crippen LogP contribution >= 0.6 is 0 Å². The van der Waals surface area contributed by atoms with Gasteiger partial charge in [0, 0.05) is 18.4 Å². The van der Waals surface area contributed by atoms with Crippen molar-refractivity contribution < 1.29 is 27.8 Å². The zero-order valence-electron chi connectivity index (χ0n) is 9.42. The molecule has 0 aliphatic heterocycles. The number of rotatable bonds is 4. The highest BCUT2D eigenvalue weighted by molar-refractivity contribution is 7.90. The molecule has 0 saturated carbocycles. The Labute approximate surface area is 103 Å². The molecule has 4 N–H and O–H groups in total. The van der Waals surface area contributed by atoms with E-state index in [0.717, 1.165) is 18.4 Å². The quantitative estimate of drug-likeness (QED) is 0.716. The third-order valence-corrected chi connectivity index (χ3v) is 3.53. The number of phenolic OH excluding ortho intramolecular Hbond substituents is 1. The van der Waals surface area contributed by atoms with Crippen molar-refractivity contribution in [3.8, 4) is 5.75 Å². The molecular weight excluding hydrogens is 265 g/mol. The Morgan fingerprint density at radius 1 is 1.50 bits per heavy atom. The summed E-state index contributed by atoms with van der Waals surface area (Å²) in [6.45, 7) is -0.347. The summed E-state index contributed by atoms with van der Waals surface area (Å²) in [5.74, 6) is -5.00. The second-order valence-corrected chi connectivity index (χ2v) is 5.70. The summed E-state index contributed by atoms with van der Waals surface area (Å²) < 4.78 is 36.1. The molecule has 0 heterocycles. The number of aromatic hydroxyl groups is 1. The summed E-state index contributed by atoms with van der Waals surface area (Å²) in [7, 11) is -3.84. The van der Waals surface area contributed by atoms with E-state index in [1.54, 1.807) is 0 Å². The molecular formula is C10H12FNO5S. The maximum Gasteiger partial charge on any atom is 0.312 e. The van der Waals surface area contributed by atoms with Gasteiger partial charge < -0.3 is 15.9 Å². The normalized spacial score (nSPS) is 13.3. The molecule has 0 aromatic heterocycles. The Kier molecular flexibility index (Phi) is 3.92. The monoisotopic (exact) mass is 277 g/mol. The molecule has 1 aromatic rings. The molecule has 1 aromatic carbocycles. The van der Waals surface area contributed by atoms with Crippen molar-refractivity contribution in [1.82, 2.24) is 0 Å². The minimum absolute atomic E-state index is 0.255. The van der Waals surface area contributed by atoms with Crippen LogP contribution in [0.25, 0.3) is 0 Å². The van der Waals surface area contributed by atoms with Crippen LogP contribution in [0.2, 0.25) is 0 Å². The van der Waals surface area contributed by atoms with Gasteiger partial charge in [0.1, 0.15) is 4.90 Å². The molecule has 0 bridgehead atoms. The fraction of sp³-hybridized carbons (Fsp3) is 0.300. The zero-order valence-corrected chi connectivity index (χ0v) is 10.2. The molecule has 1 unspecified atom stereocenters. The summed E-state index contributed by atoms with van der Waals surface area (Å²) >= 11 is 0. The molecule has 8 heteroatoms. The van der Waals surface area contributed by atoms with Crippen molar-refractivity contribution in [2.45, 2.75) is 10.8 Å². The van der Waals surface area contributed by atoms with Gasteiger partial charge in [0.25, 0.3) is 0 Å². The minimum Gasteiger partial charge on any atom is -0.505 e. The van der Waals surface area contributed by atoms with Crippen molar-refractivity contribution in [1.29, 1.82) is 0 Å². The van der Waals surface area contributed by atoms with E-state index >= 15 is 0 Å². The second kappa shape index (κ2) is 4.91. The van der Waals surface area contributed by atoms with Crippen LogP contribution in [0.4, 0.5) is 4.39 Å². The van der Waals surface area contributed by atoms with Crippen LogP contribution in [0.15, 0.2) is 17.0 Å². The maximum absolute atomic E-state index is 13.7. The highest BCUT2D eigenvalue weighted by atomic mass is 32.2. The van der Waals surface area contributed by atoms with Gasteiger partial charge in [0.05, 0.1) is 5.92 Å². The number of carboxylic acids is 1. The largest absolute Gasteiger partial charge is 0.505 e. The van der Waals surface area contributed by atoms with Gasteiger partial charge in [-0.3, -0.25) is 4.79 Å². The predicted molar refractivity (Wildman–Crippen MR) is 60.6 cm³/mol. The lowest BCUT2D eigenvalue weighted by Gasteiger charge is -2.13. The SMILES string of the molecule is CS(=O)(=O)c1ccc(C(CN)C(=O)O)c(O)c1F. The molecule has 0 aliphatic carbocycles. The first-order valence-corrected chi connectivity index (χ1v) is 6.73. The van der Waals surface area contributed by atoms with Crippen molar-refractivity contribution in [3.63, 3.8) is 0 Å². The van der Waals surface area contributed by atoms with Gasteiger partial charge in [0.2, 0.25) is 0 Å². The molecule has 18 heavy (non-hydrogen) atoms. The van der Waals surface area contributed by atoms with Crippen molar-refractivity contribution in [2.24, 2.45) is 5.73 Å². The number of hydrogen-bond acceptors (Lipinski definition) is 5. The molecule has 0 radical (unpaired) electrons. The van der Waals surface area contributed by atoms with E-state index < -0.39 is 38.2 Å². The number of aliphatic carboxylic acids is 1. The van der Waals surface area contributed by atoms with E-state index in [9.17, 15) is 22.7 Å². The molecule has 0 spiro atoms. The Morgan fingerprint density at radius 3 is 2.44 bits per heavy atom. The highest BCUT2D eigenvalue weighted by Crippen LogP contribution is 2.32. The van der Waals surface area contributed by atoms with Gasteiger partial charge in [-0.1, -0.05) is 6.07 Å². The summed E-state index contributed by atoms with van der Waals surface area (Å²) in [4.78, 5) is 10.2. The lowest BCUT2D eigenvalue weighted by atomic mass is 9.98. The predicted octanol–water partition coefficient (Wildman–Crippen LogP) is 0.0617. The number of phenols is 1. The smallest absolute Gasteiger partial charge is 0.312 e. The average Bonchev–Trinajstić information content (AvgIpc) is 2.23. The number of carboxylic acid groups (broad SMARTS) is 1. The first kappa shape index (κ1) is 14.4. The number of halogens is 1. The van der Waals surface area contributed by atoms with Crippen molar-refractivity contribution in [2.75, 3.05) is 12.8 Å². The zero-order chi connectivity index (χ0) is 14.1. The van der Waals surface area contributed by atoms with Crippen LogP contribution in [-0.2, 0) is 14.6 Å². The van der Waals surface area contributed by atoms with E-state index in [1.807, 2.05) is 0 Å². The summed E-state index contributed by atoms with van der Waals surface area (Å²) in [6, 6.07) is 1.95. The van der Waals surface area contributed by atoms with Gasteiger partial charge in [-0.25, -0.2) is 12.8 Å². The second-order valence-electron chi connectivity index (χ2n) is 3.71. The van der Waals surface area contributed by atoms with E-state index in [2.05, 4.69) is 0 Å². The molecule has 0 fully saturated rings. The number of nitrogens with two attached hydrogens (primary N) is 1. The molecule has 0 amide bonds. The molecule has 100 valence electrons. The van der Waals surface area contributed by atoms with Gasteiger partial charge >= 0.3 is 5.97 Å². The molecule has 6 nitrogen and oxygen atoms in total. The number of benzene rings is 1. The Morgan fingerprint density at radius 2 is 2.06 bits per heavy atom. The maximum atomic E-state index is 13.7. The number of sulfone groups is 1. The van der Waals surface area contributed by atoms with Crippen LogP contribution in [-0.4, -0.2) is 37.4 Å². The molecule has 0 saturated heterocycles. The molecule has 1 atom stereocenters. The number of hydrogen-bond donors (Lipinski definition) is 3. The first-order chi connectivity index (χ1) is 8.20. The van der Waals surface area contributed by atoms with E-state index in [1.165, 1.54) is 0 Å². The summed E-state index contributed by atoms with van der Waals surface area (Å²) in [5, 5.41) is 18.4.